The van der Waals surface area contributed by atoms with Crippen LogP contribution >= 0.6 is 15.9 Å². The molecule has 0 spiro atoms. The van der Waals surface area contributed by atoms with Crippen LogP contribution in [0.3, 0.4) is 0 Å². The Morgan fingerprint density at radius 2 is 2.06 bits per heavy atom. The minimum atomic E-state index is 0.686. The smallest absolute Gasteiger partial charge is 0.0377 e. The van der Waals surface area contributed by atoms with Crippen LogP contribution in [0.25, 0.3) is 0 Å². The van der Waals surface area contributed by atoms with Gasteiger partial charge in [0.25, 0.3) is 0 Å². The number of rotatable bonds is 6. The molecule has 1 aromatic carbocycles. The van der Waals surface area contributed by atoms with E-state index in [-0.39, 0.29) is 0 Å². The summed E-state index contributed by atoms with van der Waals surface area (Å²) in [4.78, 5) is 2.42. The normalized spacial score (nSPS) is 10.9. The van der Waals surface area contributed by atoms with Crippen LogP contribution in [-0.4, -0.2) is 20.1 Å². The third kappa shape index (κ3) is 4.32. The maximum absolute atomic E-state index is 3.65. The van der Waals surface area contributed by atoms with E-state index in [0.29, 0.717) is 5.92 Å². The van der Waals surface area contributed by atoms with Gasteiger partial charge < -0.3 is 10.2 Å². The Bertz CT molecular complexity index is 350. The fourth-order valence-corrected chi connectivity index (χ4v) is 2.43. The lowest BCUT2D eigenvalue weighted by atomic mass is 10.1. The van der Waals surface area contributed by atoms with Gasteiger partial charge in [-0.25, -0.2) is 0 Å². The summed E-state index contributed by atoms with van der Waals surface area (Å²) in [6.45, 7) is 9.78. The molecule has 0 aliphatic carbocycles. The van der Waals surface area contributed by atoms with Gasteiger partial charge >= 0.3 is 0 Å². The van der Waals surface area contributed by atoms with Crippen molar-refractivity contribution in [2.75, 3.05) is 25.0 Å². The maximum Gasteiger partial charge on any atom is 0.0377 e. The zero-order valence-electron chi connectivity index (χ0n) is 11.3. The van der Waals surface area contributed by atoms with Gasteiger partial charge in [-0.3, -0.25) is 0 Å². The molecule has 1 rings (SSSR count). The second kappa shape index (κ2) is 7.02. The molecule has 0 aromatic heterocycles. The quantitative estimate of drug-likeness (QED) is 0.862. The first-order valence-electron chi connectivity index (χ1n) is 6.26. The fourth-order valence-electron chi connectivity index (χ4n) is 1.92. The predicted octanol–water partition coefficient (Wildman–Crippen LogP) is 3.65. The highest BCUT2D eigenvalue weighted by atomic mass is 79.9. The number of halogens is 1. The van der Waals surface area contributed by atoms with Crippen molar-refractivity contribution in [3.05, 3.63) is 28.2 Å². The first-order chi connectivity index (χ1) is 8.08. The van der Waals surface area contributed by atoms with Crippen LogP contribution < -0.4 is 10.2 Å². The van der Waals surface area contributed by atoms with Gasteiger partial charge in [-0.1, -0.05) is 35.8 Å². The molecule has 2 nitrogen and oxygen atoms in total. The molecule has 0 fully saturated rings. The van der Waals surface area contributed by atoms with Crippen LogP contribution in [0.4, 0.5) is 5.69 Å². The van der Waals surface area contributed by atoms with Crippen molar-refractivity contribution in [3.8, 4) is 0 Å². The molecule has 0 bridgehead atoms. The summed E-state index contributed by atoms with van der Waals surface area (Å²) in [5.74, 6) is 0.686. The van der Waals surface area contributed by atoms with Crippen LogP contribution in [0, 0.1) is 5.92 Å². The first kappa shape index (κ1) is 14.5. The number of hydrogen-bond acceptors (Lipinski definition) is 2. The van der Waals surface area contributed by atoms with Gasteiger partial charge in [0.2, 0.25) is 0 Å². The van der Waals surface area contributed by atoms with Gasteiger partial charge in [0, 0.05) is 29.8 Å². The summed E-state index contributed by atoms with van der Waals surface area (Å²) >= 11 is 3.65. The van der Waals surface area contributed by atoms with Crippen molar-refractivity contribution in [1.29, 1.82) is 0 Å². The molecule has 0 radical (unpaired) electrons. The third-order valence-corrected chi connectivity index (χ3v) is 3.47. The van der Waals surface area contributed by atoms with Gasteiger partial charge in [0.15, 0.2) is 0 Å². The van der Waals surface area contributed by atoms with E-state index in [2.05, 4.69) is 65.1 Å². The largest absolute Gasteiger partial charge is 0.372 e. The Hall–Kier alpha value is -0.540. The molecule has 1 aromatic rings. The predicted molar refractivity (Wildman–Crippen MR) is 79.6 cm³/mol. The average Bonchev–Trinajstić information content (AvgIpc) is 2.28. The summed E-state index contributed by atoms with van der Waals surface area (Å²) in [6.07, 6.45) is 0. The SMILES string of the molecule is CCN(CC(C)C)c1ccc(CNC)c(Br)c1. The number of benzene rings is 1. The lowest BCUT2D eigenvalue weighted by molar-refractivity contribution is 0.618. The summed E-state index contributed by atoms with van der Waals surface area (Å²) in [6, 6.07) is 6.63. The van der Waals surface area contributed by atoms with Gasteiger partial charge in [-0.15, -0.1) is 0 Å². The van der Waals surface area contributed by atoms with Crippen molar-refractivity contribution in [3.63, 3.8) is 0 Å². The number of nitrogens with zero attached hydrogens (tertiary/aromatic N) is 1. The van der Waals surface area contributed by atoms with Gasteiger partial charge in [-0.2, -0.15) is 0 Å². The number of nitrogens with one attached hydrogen (secondary N) is 1. The summed E-state index contributed by atoms with van der Waals surface area (Å²) < 4.78 is 1.19. The van der Waals surface area contributed by atoms with Crippen molar-refractivity contribution in [2.45, 2.75) is 27.3 Å². The number of anilines is 1. The highest BCUT2D eigenvalue weighted by molar-refractivity contribution is 9.10. The summed E-state index contributed by atoms with van der Waals surface area (Å²) in [7, 11) is 1.97. The van der Waals surface area contributed by atoms with E-state index in [1.54, 1.807) is 0 Å². The van der Waals surface area contributed by atoms with Crippen molar-refractivity contribution in [2.24, 2.45) is 5.92 Å². The van der Waals surface area contributed by atoms with Gasteiger partial charge in [0.05, 0.1) is 0 Å². The first-order valence-corrected chi connectivity index (χ1v) is 7.05. The Morgan fingerprint density at radius 3 is 2.53 bits per heavy atom. The van der Waals surface area contributed by atoms with Crippen molar-refractivity contribution in [1.82, 2.24) is 5.32 Å². The van der Waals surface area contributed by atoms with E-state index in [1.165, 1.54) is 15.7 Å². The van der Waals surface area contributed by atoms with Crippen LogP contribution in [-0.2, 0) is 6.54 Å². The summed E-state index contributed by atoms with van der Waals surface area (Å²) in [5, 5.41) is 3.18. The zero-order valence-corrected chi connectivity index (χ0v) is 12.8. The lowest BCUT2D eigenvalue weighted by Crippen LogP contribution is -2.27. The monoisotopic (exact) mass is 298 g/mol. The van der Waals surface area contributed by atoms with Crippen LogP contribution in [0.2, 0.25) is 0 Å². The van der Waals surface area contributed by atoms with Gasteiger partial charge in [0.1, 0.15) is 0 Å². The minimum Gasteiger partial charge on any atom is -0.372 e. The fraction of sp³-hybridized carbons (Fsp3) is 0.571. The average molecular weight is 299 g/mol. The Morgan fingerprint density at radius 1 is 1.35 bits per heavy atom. The molecule has 3 heteroatoms. The molecule has 0 amide bonds. The molecule has 0 aliphatic rings. The topological polar surface area (TPSA) is 15.3 Å². The molecule has 0 unspecified atom stereocenters. The third-order valence-electron chi connectivity index (χ3n) is 2.74. The van der Waals surface area contributed by atoms with E-state index >= 15 is 0 Å². The highest BCUT2D eigenvalue weighted by Gasteiger charge is 2.08. The molecule has 0 heterocycles. The lowest BCUT2D eigenvalue weighted by Gasteiger charge is -2.25. The zero-order chi connectivity index (χ0) is 12.8. The highest BCUT2D eigenvalue weighted by Crippen LogP contribution is 2.24. The molecule has 96 valence electrons. The van der Waals surface area contributed by atoms with E-state index < -0.39 is 0 Å². The molecule has 0 saturated heterocycles. The second-order valence-corrected chi connectivity index (χ2v) is 5.59. The van der Waals surface area contributed by atoms with Crippen molar-refractivity contribution < 1.29 is 0 Å². The maximum atomic E-state index is 3.65. The van der Waals surface area contributed by atoms with Crippen LogP contribution in [0.15, 0.2) is 22.7 Å². The van der Waals surface area contributed by atoms with Gasteiger partial charge in [-0.05, 0) is 37.6 Å². The Balaban J connectivity index is 2.86. The van der Waals surface area contributed by atoms with E-state index in [1.807, 2.05) is 7.05 Å². The van der Waals surface area contributed by atoms with Crippen LogP contribution in [0.1, 0.15) is 26.3 Å². The molecule has 0 atom stereocenters. The molecular weight excluding hydrogens is 276 g/mol. The second-order valence-electron chi connectivity index (χ2n) is 4.74. The standard InChI is InChI=1S/C14H23BrN2/c1-5-17(10-11(2)3)13-7-6-12(9-16-4)14(15)8-13/h6-8,11,16H,5,9-10H2,1-4H3. The van der Waals surface area contributed by atoms with E-state index in [4.69, 9.17) is 0 Å². The Labute approximate surface area is 114 Å². The molecule has 17 heavy (non-hydrogen) atoms. The minimum absolute atomic E-state index is 0.686. The molecule has 0 aliphatic heterocycles. The summed E-state index contributed by atoms with van der Waals surface area (Å²) in [5.41, 5.74) is 2.60. The van der Waals surface area contributed by atoms with Crippen LogP contribution in [0.5, 0.6) is 0 Å². The van der Waals surface area contributed by atoms with E-state index in [9.17, 15) is 0 Å². The molecular formula is C14H23BrN2. The number of hydrogen-bond donors (Lipinski definition) is 1. The Kier molecular flexibility index (Phi) is 6.00. The van der Waals surface area contributed by atoms with E-state index in [0.717, 1.165) is 19.6 Å². The van der Waals surface area contributed by atoms with Crippen molar-refractivity contribution >= 4 is 21.6 Å². The molecule has 1 N–H and O–H groups in total. The molecule has 0 saturated carbocycles.